The van der Waals surface area contributed by atoms with Crippen LogP contribution >= 0.6 is 0 Å². The molecule has 1 aromatic rings. The summed E-state index contributed by atoms with van der Waals surface area (Å²) >= 11 is 0. The van der Waals surface area contributed by atoms with Crippen LogP contribution in [-0.2, 0) is 0 Å². The molecule has 0 amide bonds. The highest BCUT2D eigenvalue weighted by atomic mass is 15.2. The van der Waals surface area contributed by atoms with Gasteiger partial charge in [0.2, 0.25) is 0 Å². The fourth-order valence-corrected chi connectivity index (χ4v) is 2.64. The van der Waals surface area contributed by atoms with Crippen molar-refractivity contribution < 1.29 is 13.8 Å². The van der Waals surface area contributed by atoms with E-state index in [0.29, 0.717) is 12.8 Å². The minimum absolute atomic E-state index is 0.00248. The third-order valence-corrected chi connectivity index (χ3v) is 3.62. The van der Waals surface area contributed by atoms with Gasteiger partial charge in [-0.3, -0.25) is 4.90 Å². The molecule has 3 unspecified atom stereocenters. The highest BCUT2D eigenvalue weighted by Crippen LogP contribution is 2.44. The summed E-state index contributed by atoms with van der Waals surface area (Å²) in [6, 6.07) is 5.11. The van der Waals surface area contributed by atoms with E-state index in [0.717, 1.165) is 0 Å². The van der Waals surface area contributed by atoms with Crippen molar-refractivity contribution in [2.75, 3.05) is 13.1 Å². The van der Waals surface area contributed by atoms with Gasteiger partial charge in [-0.25, -0.2) is 0 Å². The van der Waals surface area contributed by atoms with Crippen molar-refractivity contribution >= 4 is 0 Å². The molecule has 1 heterocycles. The average molecular weight is 254 g/mol. The SMILES string of the molecule is [2H]C1C([2H])([2H])C([2H])([2H])C([2H])([2H])C1(N1CCCC1)C([2H])(c1ccccc1)N([2H])[2H]. The first-order valence-electron chi connectivity index (χ1n) is 11.3. The molecule has 1 aromatic carbocycles. The zero-order valence-corrected chi connectivity index (χ0v) is 10.2. The Balaban J connectivity index is 2.43. The fraction of sp³-hybridized carbons (Fsp3) is 0.625. The number of nitrogens with zero attached hydrogens (tertiary/aromatic N) is 1. The van der Waals surface area contributed by atoms with Crippen molar-refractivity contribution in [3.8, 4) is 0 Å². The zero-order chi connectivity index (χ0) is 21.2. The minimum atomic E-state index is -3.11. The molecule has 1 saturated carbocycles. The van der Waals surface area contributed by atoms with Gasteiger partial charge < -0.3 is 5.72 Å². The Morgan fingerprint density at radius 2 is 2.06 bits per heavy atom. The average Bonchev–Trinajstić information content (AvgIpc) is 3.18. The normalized spacial score (nSPS) is 53.3. The van der Waals surface area contributed by atoms with Gasteiger partial charge in [0, 0.05) is 21.2 Å². The zero-order valence-electron chi connectivity index (χ0n) is 20.2. The van der Waals surface area contributed by atoms with Gasteiger partial charge in [-0.1, -0.05) is 43.1 Å². The van der Waals surface area contributed by atoms with Crippen LogP contribution in [-0.4, -0.2) is 23.5 Å². The van der Waals surface area contributed by atoms with E-state index in [2.05, 4.69) is 0 Å². The van der Waals surface area contributed by atoms with Crippen LogP contribution in [0.5, 0.6) is 0 Å². The second kappa shape index (κ2) is 5.02. The lowest BCUT2D eigenvalue weighted by Gasteiger charge is -2.43. The number of hydrogen-bond acceptors (Lipinski definition) is 2. The van der Waals surface area contributed by atoms with Crippen LogP contribution in [0, 0.1) is 0 Å². The standard InChI is InChI=1S/C16H24N2/c17-15(14-8-2-1-3-9-14)16(10-4-5-11-16)18-12-6-7-13-18/h1-3,8-9,15H,4-7,10-13,17H2/i4D2,5D2,10D,11D2,15D/hD2. The van der Waals surface area contributed by atoms with Crippen molar-refractivity contribution in [3.05, 3.63) is 35.9 Å². The van der Waals surface area contributed by atoms with Gasteiger partial charge >= 0.3 is 0 Å². The second-order valence-corrected chi connectivity index (χ2v) is 4.71. The molecule has 2 N–H and O–H groups in total. The van der Waals surface area contributed by atoms with Gasteiger partial charge in [-0.05, 0) is 44.3 Å². The maximum Gasteiger partial charge on any atom is 0.119 e. The van der Waals surface area contributed by atoms with Crippen molar-refractivity contribution in [1.29, 1.82) is 0 Å². The van der Waals surface area contributed by atoms with Gasteiger partial charge in [-0.15, -0.1) is 0 Å². The summed E-state index contributed by atoms with van der Waals surface area (Å²) in [5.74, 6) is 0. The van der Waals surface area contributed by atoms with Crippen LogP contribution in [0.2, 0.25) is 2.82 Å². The Labute approximate surface area is 124 Å². The highest BCUT2D eigenvalue weighted by Gasteiger charge is 2.45. The molecular formula is C16H24N2. The maximum absolute atomic E-state index is 9.18. The number of benzene rings is 1. The number of likely N-dealkylation sites (tertiary alicyclic amines) is 1. The van der Waals surface area contributed by atoms with Gasteiger partial charge in [0.25, 0.3) is 0 Å². The molecule has 0 spiro atoms. The molecule has 18 heavy (non-hydrogen) atoms. The molecule has 2 nitrogen and oxygen atoms in total. The van der Waals surface area contributed by atoms with Crippen LogP contribution in [0.25, 0.3) is 0 Å². The lowest BCUT2D eigenvalue weighted by atomic mass is 9.82. The Morgan fingerprint density at radius 1 is 1.28 bits per heavy atom. The molecule has 0 bridgehead atoms. The third kappa shape index (κ3) is 1.98. The largest absolute Gasteiger partial charge is 0.322 e. The molecule has 0 radical (unpaired) electrons. The molecule has 1 aliphatic carbocycles. The highest BCUT2D eigenvalue weighted by molar-refractivity contribution is 5.24. The topological polar surface area (TPSA) is 29.3 Å². The Kier molecular flexibility index (Phi) is 1.47. The molecule has 2 fully saturated rings. The summed E-state index contributed by atoms with van der Waals surface area (Å²) in [4.78, 5) is 1.43. The Hall–Kier alpha value is -0.860. The predicted molar refractivity (Wildman–Crippen MR) is 75.4 cm³/mol. The molecule has 1 saturated heterocycles. The van der Waals surface area contributed by atoms with E-state index in [1.54, 1.807) is 18.2 Å². The smallest absolute Gasteiger partial charge is 0.119 e. The van der Waals surface area contributed by atoms with E-state index in [-0.39, 0.29) is 24.4 Å². The quantitative estimate of drug-likeness (QED) is 0.894. The summed E-state index contributed by atoms with van der Waals surface area (Å²) < 4.78 is 84.5. The van der Waals surface area contributed by atoms with E-state index >= 15 is 0 Å². The number of nitrogens with two attached hydrogens (primary N) is 1. The first-order chi connectivity index (χ1) is 12.8. The molecule has 3 rings (SSSR count). The first kappa shape index (κ1) is 5.26. The summed E-state index contributed by atoms with van der Waals surface area (Å²) in [5, 5.41) is 0. The first-order valence-corrected chi connectivity index (χ1v) is 6.32. The monoisotopic (exact) mass is 254 g/mol. The lowest BCUT2D eigenvalue weighted by Crippen LogP contribution is -2.52. The number of rotatable bonds is 4. The second-order valence-electron chi connectivity index (χ2n) is 4.71. The Morgan fingerprint density at radius 3 is 2.67 bits per heavy atom. The lowest BCUT2D eigenvalue weighted by molar-refractivity contribution is 0.0922. The van der Waals surface area contributed by atoms with Crippen molar-refractivity contribution in [1.82, 2.24) is 4.90 Å². The number of hydrogen-bond donors (Lipinski definition) is 1. The molecule has 2 aliphatic rings. The van der Waals surface area contributed by atoms with Gasteiger partial charge in [0.1, 0.15) is 2.82 Å². The van der Waals surface area contributed by atoms with Crippen LogP contribution in [0.1, 0.15) is 60.9 Å². The minimum Gasteiger partial charge on any atom is -0.322 e. The molecule has 98 valence electrons. The Bertz CT molecular complexity index is 721. The summed E-state index contributed by atoms with van der Waals surface area (Å²) in [7, 11) is 0. The van der Waals surface area contributed by atoms with Gasteiger partial charge in [0.15, 0.2) is 0 Å². The molecule has 3 atom stereocenters. The van der Waals surface area contributed by atoms with Gasteiger partial charge in [-0.2, -0.15) is 0 Å². The van der Waals surface area contributed by atoms with E-state index in [1.807, 2.05) is 0 Å². The predicted octanol–water partition coefficient (Wildman–Crippen LogP) is 3.10. The van der Waals surface area contributed by atoms with Crippen LogP contribution in [0.3, 0.4) is 0 Å². The van der Waals surface area contributed by atoms with Crippen molar-refractivity contribution in [3.63, 3.8) is 0 Å². The van der Waals surface area contributed by atoms with Crippen LogP contribution in [0.15, 0.2) is 30.3 Å². The van der Waals surface area contributed by atoms with Crippen molar-refractivity contribution in [2.45, 2.75) is 49.9 Å². The van der Waals surface area contributed by atoms with Crippen LogP contribution < -0.4 is 5.72 Å². The maximum atomic E-state index is 9.18. The van der Waals surface area contributed by atoms with Gasteiger partial charge in [0.05, 0.1) is 1.37 Å². The van der Waals surface area contributed by atoms with Crippen LogP contribution in [0.4, 0.5) is 0 Å². The fourth-order valence-electron chi connectivity index (χ4n) is 2.64. The molecular weight excluding hydrogens is 220 g/mol. The summed E-state index contributed by atoms with van der Waals surface area (Å²) in [6.45, 7) is 0.477. The third-order valence-electron chi connectivity index (χ3n) is 3.62. The van der Waals surface area contributed by atoms with E-state index in [4.69, 9.17) is 12.4 Å². The van der Waals surface area contributed by atoms with E-state index in [1.165, 1.54) is 17.0 Å². The van der Waals surface area contributed by atoms with E-state index < -0.39 is 37.1 Å². The molecule has 1 aliphatic heterocycles. The summed E-state index contributed by atoms with van der Waals surface area (Å²) in [6.07, 6.45) is -9.87. The van der Waals surface area contributed by atoms with Crippen molar-refractivity contribution in [2.24, 2.45) is 5.72 Å². The molecule has 2 heteroatoms. The summed E-state index contributed by atoms with van der Waals surface area (Å²) in [5.41, 5.74) is -2.38. The van der Waals surface area contributed by atoms with E-state index in [9.17, 15) is 1.37 Å². The molecule has 0 aromatic heterocycles.